The van der Waals surface area contributed by atoms with E-state index in [0.717, 1.165) is 15.7 Å². The number of carbonyl (C=O) groups excluding carboxylic acids is 1. The number of amides is 1. The van der Waals surface area contributed by atoms with Crippen LogP contribution in [-0.4, -0.2) is 48.6 Å². The predicted molar refractivity (Wildman–Crippen MR) is 90.5 cm³/mol. The summed E-state index contributed by atoms with van der Waals surface area (Å²) in [6, 6.07) is 5.63. The Bertz CT molecular complexity index is 533. The maximum absolute atomic E-state index is 12.0. The molecule has 0 aromatic heterocycles. The molecular formula is C14H18BrN3O2S. The average Bonchev–Trinajstić information content (AvgIpc) is 2.49. The smallest absolute Gasteiger partial charge is 0.224 e. The topological polar surface area (TPSA) is 67.6 Å². The highest BCUT2D eigenvalue weighted by Crippen LogP contribution is 2.23. The third-order valence-corrected chi connectivity index (χ3v) is 4.16. The molecule has 1 saturated heterocycles. The zero-order valence-electron chi connectivity index (χ0n) is 11.6. The third kappa shape index (κ3) is 4.66. The second kappa shape index (κ2) is 7.72. The quantitative estimate of drug-likeness (QED) is 0.771. The van der Waals surface area contributed by atoms with E-state index in [4.69, 9.17) is 22.7 Å². The summed E-state index contributed by atoms with van der Waals surface area (Å²) in [5.41, 5.74) is 7.32. The first-order valence-electron chi connectivity index (χ1n) is 6.76. The Labute approximate surface area is 137 Å². The number of ether oxygens (including phenoxy) is 1. The fourth-order valence-electron chi connectivity index (χ4n) is 2.09. The molecule has 0 unspecified atom stereocenters. The van der Waals surface area contributed by atoms with Gasteiger partial charge in [0.25, 0.3) is 0 Å². The number of thiocarbonyl (C=S) groups is 1. The zero-order valence-corrected chi connectivity index (χ0v) is 14.0. The van der Waals surface area contributed by atoms with Gasteiger partial charge in [0.15, 0.2) is 0 Å². The molecule has 1 amide bonds. The summed E-state index contributed by atoms with van der Waals surface area (Å²) >= 11 is 8.40. The van der Waals surface area contributed by atoms with Gasteiger partial charge in [-0.05, 0) is 34.1 Å². The van der Waals surface area contributed by atoms with Crippen molar-refractivity contribution in [2.75, 3.05) is 38.2 Å². The van der Waals surface area contributed by atoms with Crippen molar-refractivity contribution >= 4 is 44.7 Å². The maximum Gasteiger partial charge on any atom is 0.224 e. The number of nitrogens with one attached hydrogen (secondary N) is 1. The molecule has 1 aliphatic rings. The highest BCUT2D eigenvalue weighted by molar-refractivity contribution is 9.10. The third-order valence-electron chi connectivity index (χ3n) is 3.27. The summed E-state index contributed by atoms with van der Waals surface area (Å²) < 4.78 is 6.11. The van der Waals surface area contributed by atoms with Gasteiger partial charge in [0.2, 0.25) is 5.91 Å². The Kier molecular flexibility index (Phi) is 5.96. The number of benzene rings is 1. The molecule has 21 heavy (non-hydrogen) atoms. The summed E-state index contributed by atoms with van der Waals surface area (Å²) in [7, 11) is 0. The summed E-state index contributed by atoms with van der Waals surface area (Å²) in [6.45, 7) is 3.22. The second-order valence-corrected chi connectivity index (χ2v) is 6.02. The standard InChI is InChI=1S/C14H18BrN3O2S/c15-11-9-10(14(16)21)1-2-12(11)17-4-3-13(19)18-5-7-20-8-6-18/h1-2,9,17H,3-8H2,(H2,16,21). The van der Waals surface area contributed by atoms with Crippen LogP contribution >= 0.6 is 28.1 Å². The number of halogens is 1. The summed E-state index contributed by atoms with van der Waals surface area (Å²) in [5.74, 6) is 0.154. The molecule has 0 bridgehead atoms. The van der Waals surface area contributed by atoms with Crippen molar-refractivity contribution in [3.8, 4) is 0 Å². The van der Waals surface area contributed by atoms with E-state index < -0.39 is 0 Å². The first kappa shape index (κ1) is 16.2. The lowest BCUT2D eigenvalue weighted by atomic mass is 10.2. The molecule has 114 valence electrons. The lowest BCUT2D eigenvalue weighted by Crippen LogP contribution is -2.41. The number of nitrogens with zero attached hydrogens (tertiary/aromatic N) is 1. The van der Waals surface area contributed by atoms with Crippen LogP contribution in [0.25, 0.3) is 0 Å². The van der Waals surface area contributed by atoms with Gasteiger partial charge in [0.05, 0.1) is 13.2 Å². The van der Waals surface area contributed by atoms with Crippen molar-refractivity contribution in [1.82, 2.24) is 4.90 Å². The number of nitrogens with two attached hydrogens (primary N) is 1. The number of hydrogen-bond donors (Lipinski definition) is 2. The molecule has 0 saturated carbocycles. The van der Waals surface area contributed by atoms with E-state index in [1.54, 1.807) is 0 Å². The first-order valence-corrected chi connectivity index (χ1v) is 7.97. The number of rotatable bonds is 5. The molecule has 0 radical (unpaired) electrons. The molecule has 0 spiro atoms. The van der Waals surface area contributed by atoms with E-state index in [-0.39, 0.29) is 5.91 Å². The lowest BCUT2D eigenvalue weighted by Gasteiger charge is -2.27. The van der Waals surface area contributed by atoms with Crippen LogP contribution in [-0.2, 0) is 9.53 Å². The van der Waals surface area contributed by atoms with Crippen LogP contribution < -0.4 is 11.1 Å². The normalized spacial score (nSPS) is 14.8. The number of anilines is 1. The molecule has 1 aromatic carbocycles. The molecule has 0 aliphatic carbocycles. The van der Waals surface area contributed by atoms with Gasteiger partial charge in [-0.3, -0.25) is 4.79 Å². The van der Waals surface area contributed by atoms with Gasteiger partial charge >= 0.3 is 0 Å². The minimum absolute atomic E-state index is 0.154. The van der Waals surface area contributed by atoms with Crippen LogP contribution in [0.3, 0.4) is 0 Å². The fraction of sp³-hybridized carbons (Fsp3) is 0.429. The van der Waals surface area contributed by atoms with Gasteiger partial charge in [-0.15, -0.1) is 0 Å². The van der Waals surface area contributed by atoms with E-state index in [1.165, 1.54) is 0 Å². The van der Waals surface area contributed by atoms with Crippen LogP contribution in [0, 0.1) is 0 Å². The van der Waals surface area contributed by atoms with Crippen molar-refractivity contribution in [2.24, 2.45) is 5.73 Å². The largest absolute Gasteiger partial charge is 0.389 e. The molecule has 1 heterocycles. The van der Waals surface area contributed by atoms with Gasteiger partial charge < -0.3 is 20.7 Å². The summed E-state index contributed by atoms with van der Waals surface area (Å²) in [6.07, 6.45) is 0.462. The second-order valence-electron chi connectivity index (χ2n) is 4.73. The SMILES string of the molecule is NC(=S)c1ccc(NCCC(=O)N2CCOCC2)c(Br)c1. The number of hydrogen-bond acceptors (Lipinski definition) is 4. The Morgan fingerprint density at radius 2 is 2.14 bits per heavy atom. The Balaban J connectivity index is 1.83. The monoisotopic (exact) mass is 371 g/mol. The molecule has 5 nitrogen and oxygen atoms in total. The van der Waals surface area contributed by atoms with Crippen molar-refractivity contribution in [1.29, 1.82) is 0 Å². The first-order chi connectivity index (χ1) is 10.1. The van der Waals surface area contributed by atoms with Crippen molar-refractivity contribution < 1.29 is 9.53 Å². The molecule has 2 rings (SSSR count). The lowest BCUT2D eigenvalue weighted by molar-refractivity contribution is -0.134. The Hall–Kier alpha value is -1.18. The molecule has 3 N–H and O–H groups in total. The van der Waals surface area contributed by atoms with Gasteiger partial charge in [-0.2, -0.15) is 0 Å². The summed E-state index contributed by atoms with van der Waals surface area (Å²) in [4.78, 5) is 14.2. The molecule has 1 fully saturated rings. The van der Waals surface area contributed by atoms with Crippen molar-refractivity contribution in [2.45, 2.75) is 6.42 Å². The molecule has 1 aliphatic heterocycles. The Morgan fingerprint density at radius 1 is 1.43 bits per heavy atom. The Morgan fingerprint density at radius 3 is 2.76 bits per heavy atom. The zero-order chi connectivity index (χ0) is 15.2. The summed E-state index contributed by atoms with van der Waals surface area (Å²) in [5, 5.41) is 3.24. The molecule has 7 heteroatoms. The number of morpholine rings is 1. The van der Waals surface area contributed by atoms with Crippen LogP contribution in [0.1, 0.15) is 12.0 Å². The highest BCUT2D eigenvalue weighted by atomic mass is 79.9. The molecule has 1 aromatic rings. The minimum atomic E-state index is 0.154. The van der Waals surface area contributed by atoms with E-state index >= 15 is 0 Å². The number of carbonyl (C=O) groups is 1. The van der Waals surface area contributed by atoms with Gasteiger partial charge in [-0.1, -0.05) is 12.2 Å². The predicted octanol–water partition coefficient (Wildman–Crippen LogP) is 1.74. The van der Waals surface area contributed by atoms with Crippen LogP contribution in [0.4, 0.5) is 5.69 Å². The van der Waals surface area contributed by atoms with Crippen LogP contribution in [0.5, 0.6) is 0 Å². The molecular weight excluding hydrogens is 354 g/mol. The maximum atomic E-state index is 12.0. The fourth-order valence-corrected chi connectivity index (χ4v) is 2.73. The van der Waals surface area contributed by atoms with E-state index in [2.05, 4.69) is 21.2 Å². The van der Waals surface area contributed by atoms with Crippen molar-refractivity contribution in [3.63, 3.8) is 0 Å². The minimum Gasteiger partial charge on any atom is -0.389 e. The van der Waals surface area contributed by atoms with E-state index in [0.29, 0.717) is 44.3 Å². The van der Waals surface area contributed by atoms with Gasteiger partial charge in [-0.25, -0.2) is 0 Å². The van der Waals surface area contributed by atoms with E-state index in [9.17, 15) is 4.79 Å². The average molecular weight is 372 g/mol. The van der Waals surface area contributed by atoms with Gasteiger partial charge in [0.1, 0.15) is 4.99 Å². The molecule has 0 atom stereocenters. The highest BCUT2D eigenvalue weighted by Gasteiger charge is 2.16. The van der Waals surface area contributed by atoms with Crippen molar-refractivity contribution in [3.05, 3.63) is 28.2 Å². The van der Waals surface area contributed by atoms with Crippen LogP contribution in [0.2, 0.25) is 0 Å². The van der Waals surface area contributed by atoms with Crippen LogP contribution in [0.15, 0.2) is 22.7 Å². The van der Waals surface area contributed by atoms with E-state index in [1.807, 2.05) is 23.1 Å². The van der Waals surface area contributed by atoms with Gasteiger partial charge in [0, 0.05) is 41.8 Å².